The Bertz CT molecular complexity index is 1580. The molecular weight excluding hydrogens is 581 g/mol. The summed E-state index contributed by atoms with van der Waals surface area (Å²) in [5.74, 6) is -0.937. The SMILES string of the molecule is Cc1c(Oc2ccccc2)ccc(NC(=O)c2csc(-c3ccnnc3)n2)c1N1CCN(C)[C@@H](CCC(=O)C(F)(F)F)C1. The average molecular weight is 611 g/mol. The Labute approximate surface area is 250 Å². The van der Waals surface area contributed by atoms with Crippen LogP contribution in [-0.2, 0) is 4.79 Å². The topological polar surface area (TPSA) is 101 Å². The third kappa shape index (κ3) is 7.17. The number of Topliss-reactive ketones (excluding diaryl/α,β-unsaturated/α-hetero) is 1. The molecule has 0 aliphatic carbocycles. The number of carbonyl (C=O) groups is 2. The second-order valence-electron chi connectivity index (χ2n) is 10.2. The minimum absolute atomic E-state index is 0.0533. The lowest BCUT2D eigenvalue weighted by molar-refractivity contribution is -0.171. The highest BCUT2D eigenvalue weighted by Gasteiger charge is 2.38. The summed E-state index contributed by atoms with van der Waals surface area (Å²) in [6.45, 7) is 3.34. The van der Waals surface area contributed by atoms with Crippen LogP contribution in [0.1, 0.15) is 28.9 Å². The average Bonchev–Trinajstić information content (AvgIpc) is 3.50. The van der Waals surface area contributed by atoms with Crippen LogP contribution in [-0.4, -0.2) is 70.7 Å². The van der Waals surface area contributed by atoms with E-state index in [9.17, 15) is 22.8 Å². The molecule has 0 saturated carbocycles. The number of ether oxygens (including phenoxy) is 1. The van der Waals surface area contributed by atoms with Crippen LogP contribution in [0.25, 0.3) is 10.6 Å². The molecule has 1 aliphatic rings. The van der Waals surface area contributed by atoms with Crippen LogP contribution in [0, 0.1) is 6.92 Å². The van der Waals surface area contributed by atoms with Gasteiger partial charge in [0.2, 0.25) is 5.78 Å². The Balaban J connectivity index is 1.43. The van der Waals surface area contributed by atoms with Crippen molar-refractivity contribution in [2.45, 2.75) is 32.0 Å². The monoisotopic (exact) mass is 610 g/mol. The Morgan fingerprint density at radius 2 is 1.88 bits per heavy atom. The smallest absolute Gasteiger partial charge is 0.449 e. The molecule has 43 heavy (non-hydrogen) atoms. The Morgan fingerprint density at radius 1 is 1.09 bits per heavy atom. The van der Waals surface area contributed by atoms with E-state index in [4.69, 9.17) is 4.74 Å². The van der Waals surface area contributed by atoms with Crippen molar-refractivity contribution in [3.8, 4) is 22.1 Å². The third-order valence-corrected chi connectivity index (χ3v) is 8.17. The number of halogens is 3. The fraction of sp³-hybridized carbons (Fsp3) is 0.300. The number of thiazole rings is 1. The molecule has 1 saturated heterocycles. The normalized spacial score (nSPS) is 15.7. The summed E-state index contributed by atoms with van der Waals surface area (Å²) < 4.78 is 44.8. The van der Waals surface area contributed by atoms with Crippen LogP contribution < -0.4 is 15.0 Å². The molecule has 1 N–H and O–H groups in total. The molecule has 0 spiro atoms. The molecule has 2 aromatic heterocycles. The molecule has 1 atom stereocenters. The van der Waals surface area contributed by atoms with Crippen molar-refractivity contribution in [1.82, 2.24) is 20.1 Å². The number of para-hydroxylation sites is 1. The van der Waals surface area contributed by atoms with E-state index in [1.807, 2.05) is 54.1 Å². The maximum absolute atomic E-state index is 13.4. The van der Waals surface area contributed by atoms with Gasteiger partial charge in [-0.15, -0.1) is 11.3 Å². The molecule has 0 unspecified atom stereocenters. The molecular formula is C30H29F3N6O3S. The zero-order chi connectivity index (χ0) is 30.6. The Kier molecular flexibility index (Phi) is 9.02. The summed E-state index contributed by atoms with van der Waals surface area (Å²) in [5, 5.41) is 12.9. The predicted octanol–water partition coefficient (Wildman–Crippen LogP) is 5.99. The highest BCUT2D eigenvalue weighted by Crippen LogP contribution is 2.39. The number of amides is 1. The van der Waals surface area contributed by atoms with Crippen molar-refractivity contribution in [3.63, 3.8) is 0 Å². The molecule has 13 heteroatoms. The van der Waals surface area contributed by atoms with Crippen molar-refractivity contribution in [2.75, 3.05) is 36.9 Å². The van der Waals surface area contributed by atoms with Gasteiger partial charge in [-0.3, -0.25) is 14.5 Å². The van der Waals surface area contributed by atoms with Gasteiger partial charge in [0.15, 0.2) is 0 Å². The van der Waals surface area contributed by atoms with E-state index in [-0.39, 0.29) is 18.2 Å². The lowest BCUT2D eigenvalue weighted by Gasteiger charge is -2.42. The number of anilines is 2. The standard InChI is InChI=1S/C30H29F3N6O3S/c1-19-25(42-22-6-4-3-5-7-22)10-9-23(36-28(41)24-18-43-29(37-24)20-12-13-34-35-16-20)27(19)39-15-14-38(2)21(17-39)8-11-26(40)30(31,32)33/h3-7,9-10,12-13,16,18,21H,8,11,14-15,17H2,1-2H3,(H,36,41)/t21-/m0/s1. The van der Waals surface area contributed by atoms with Gasteiger partial charge in [-0.05, 0) is 50.7 Å². The van der Waals surface area contributed by atoms with Gasteiger partial charge in [0, 0.05) is 48.6 Å². The molecule has 1 aliphatic heterocycles. The number of piperazine rings is 1. The predicted molar refractivity (Wildman–Crippen MR) is 158 cm³/mol. The highest BCUT2D eigenvalue weighted by atomic mass is 32.1. The number of rotatable bonds is 9. The Hall–Kier alpha value is -4.36. The lowest BCUT2D eigenvalue weighted by Crippen LogP contribution is -2.52. The van der Waals surface area contributed by atoms with Gasteiger partial charge in [-0.2, -0.15) is 23.4 Å². The molecule has 0 radical (unpaired) electrons. The fourth-order valence-electron chi connectivity index (χ4n) is 4.93. The zero-order valence-electron chi connectivity index (χ0n) is 23.5. The Morgan fingerprint density at radius 3 is 2.60 bits per heavy atom. The first-order valence-electron chi connectivity index (χ1n) is 13.6. The third-order valence-electron chi connectivity index (χ3n) is 7.28. The highest BCUT2D eigenvalue weighted by molar-refractivity contribution is 7.13. The number of aromatic nitrogens is 3. The van der Waals surface area contributed by atoms with Crippen molar-refractivity contribution >= 4 is 34.4 Å². The van der Waals surface area contributed by atoms with E-state index in [2.05, 4.69) is 20.5 Å². The van der Waals surface area contributed by atoms with Crippen LogP contribution >= 0.6 is 11.3 Å². The first kappa shape index (κ1) is 30.1. The van der Waals surface area contributed by atoms with E-state index in [0.717, 1.165) is 11.1 Å². The summed E-state index contributed by atoms with van der Waals surface area (Å²) in [4.78, 5) is 33.4. The lowest BCUT2D eigenvalue weighted by atomic mass is 10.0. The molecule has 5 rings (SSSR count). The van der Waals surface area contributed by atoms with Crippen LogP contribution in [0.15, 0.2) is 66.3 Å². The number of hydrogen-bond acceptors (Lipinski definition) is 9. The first-order valence-corrected chi connectivity index (χ1v) is 14.4. The van der Waals surface area contributed by atoms with E-state index in [1.165, 1.54) is 11.3 Å². The second kappa shape index (κ2) is 12.9. The molecule has 1 amide bonds. The van der Waals surface area contributed by atoms with Crippen molar-refractivity contribution in [2.24, 2.45) is 0 Å². The summed E-state index contributed by atoms with van der Waals surface area (Å²) in [7, 11) is 1.84. The number of ketones is 1. The quantitative estimate of drug-likeness (QED) is 0.247. The number of hydrogen-bond donors (Lipinski definition) is 1. The summed E-state index contributed by atoms with van der Waals surface area (Å²) >= 11 is 1.31. The number of benzene rings is 2. The maximum Gasteiger partial charge on any atom is 0.449 e. The van der Waals surface area contributed by atoms with E-state index < -0.39 is 24.3 Å². The number of alkyl halides is 3. The van der Waals surface area contributed by atoms with Crippen molar-refractivity contribution in [1.29, 1.82) is 0 Å². The molecule has 2 aromatic carbocycles. The van der Waals surface area contributed by atoms with Gasteiger partial charge in [-0.1, -0.05) is 18.2 Å². The zero-order valence-corrected chi connectivity index (χ0v) is 24.3. The molecule has 0 bridgehead atoms. The molecule has 4 aromatic rings. The minimum atomic E-state index is -4.85. The van der Waals surface area contributed by atoms with E-state index in [0.29, 0.717) is 47.5 Å². The van der Waals surface area contributed by atoms with Crippen molar-refractivity contribution in [3.05, 3.63) is 77.6 Å². The number of likely N-dealkylation sites (N-methyl/N-ethyl adjacent to an activating group) is 1. The largest absolute Gasteiger partial charge is 0.457 e. The summed E-state index contributed by atoms with van der Waals surface area (Å²) in [6, 6.07) is 14.2. The van der Waals surface area contributed by atoms with Gasteiger partial charge in [-0.25, -0.2) is 4.98 Å². The summed E-state index contributed by atoms with van der Waals surface area (Å²) in [5.41, 5.74) is 2.92. The van der Waals surface area contributed by atoms with Gasteiger partial charge < -0.3 is 15.0 Å². The maximum atomic E-state index is 13.4. The fourth-order valence-corrected chi connectivity index (χ4v) is 5.72. The van der Waals surface area contributed by atoms with Crippen LogP contribution in [0.3, 0.4) is 0 Å². The van der Waals surface area contributed by atoms with E-state index >= 15 is 0 Å². The first-order chi connectivity index (χ1) is 20.6. The van der Waals surface area contributed by atoms with E-state index in [1.54, 1.807) is 36.0 Å². The van der Waals surface area contributed by atoms with Crippen LogP contribution in [0.4, 0.5) is 24.5 Å². The van der Waals surface area contributed by atoms with Gasteiger partial charge in [0.1, 0.15) is 22.2 Å². The molecule has 1 fully saturated rings. The number of nitrogens with zero attached hydrogens (tertiary/aromatic N) is 5. The molecule has 224 valence electrons. The minimum Gasteiger partial charge on any atom is -0.457 e. The van der Waals surface area contributed by atoms with Crippen LogP contribution in [0.2, 0.25) is 0 Å². The summed E-state index contributed by atoms with van der Waals surface area (Å²) in [6.07, 6.45) is -2.27. The van der Waals surface area contributed by atoms with Gasteiger partial charge in [0.25, 0.3) is 5.91 Å². The number of nitrogens with one attached hydrogen (secondary N) is 1. The van der Waals surface area contributed by atoms with Crippen LogP contribution in [0.5, 0.6) is 11.5 Å². The number of carbonyl (C=O) groups excluding carboxylic acids is 2. The molecule has 9 nitrogen and oxygen atoms in total. The van der Waals surface area contributed by atoms with Crippen molar-refractivity contribution < 1.29 is 27.5 Å². The molecule has 3 heterocycles. The second-order valence-corrected chi connectivity index (χ2v) is 11.0. The van der Waals surface area contributed by atoms with Gasteiger partial charge >= 0.3 is 6.18 Å². The van der Waals surface area contributed by atoms with Gasteiger partial charge in [0.05, 0.1) is 23.8 Å².